The van der Waals surface area contributed by atoms with E-state index in [0.29, 0.717) is 15.4 Å². The zero-order valence-electron chi connectivity index (χ0n) is 10.6. The fraction of sp³-hybridized carbons (Fsp3) is 0.500. The van der Waals surface area contributed by atoms with Gasteiger partial charge in [0.15, 0.2) is 0 Å². The summed E-state index contributed by atoms with van der Waals surface area (Å²) in [5.74, 6) is 0. The number of benzene rings is 1. The average molecular weight is 283 g/mol. The first kappa shape index (κ1) is 13.6. The summed E-state index contributed by atoms with van der Waals surface area (Å²) < 4.78 is 0. The van der Waals surface area contributed by atoms with Crippen LogP contribution < -0.4 is 11.1 Å². The number of hydrogen-bond acceptors (Lipinski definition) is 2. The molecular weight excluding hydrogens is 264 g/mol. The molecule has 18 heavy (non-hydrogen) atoms. The third-order valence-electron chi connectivity index (χ3n) is 3.65. The summed E-state index contributed by atoms with van der Waals surface area (Å²) in [4.78, 5) is 0.350. The van der Waals surface area contributed by atoms with Crippen LogP contribution in [0, 0.1) is 5.41 Å². The fourth-order valence-electron chi connectivity index (χ4n) is 2.43. The van der Waals surface area contributed by atoms with E-state index in [1.54, 1.807) is 0 Å². The Morgan fingerprint density at radius 3 is 2.78 bits per heavy atom. The SMILES string of the molecule is CCCC1(CNc2cccc(Cl)c2C(N)=S)CC1. The minimum atomic E-state index is 0.350. The Morgan fingerprint density at radius 1 is 1.50 bits per heavy atom. The van der Waals surface area contributed by atoms with Crippen LogP contribution in [0.3, 0.4) is 0 Å². The number of rotatable bonds is 6. The molecule has 0 radical (unpaired) electrons. The minimum absolute atomic E-state index is 0.350. The molecule has 0 unspecified atom stereocenters. The van der Waals surface area contributed by atoms with Crippen LogP contribution >= 0.6 is 23.8 Å². The standard InChI is InChI=1S/C14H19ClN2S/c1-2-6-14(7-8-14)9-17-11-5-3-4-10(15)12(11)13(16)18/h3-5,17H,2,6-9H2,1H3,(H2,16,18). The molecule has 0 aromatic heterocycles. The van der Waals surface area contributed by atoms with Crippen LogP contribution in [0.25, 0.3) is 0 Å². The van der Waals surface area contributed by atoms with Gasteiger partial charge in [0.1, 0.15) is 4.99 Å². The summed E-state index contributed by atoms with van der Waals surface area (Å²) in [5.41, 5.74) is 7.95. The van der Waals surface area contributed by atoms with Crippen molar-refractivity contribution in [2.45, 2.75) is 32.6 Å². The molecule has 98 valence electrons. The number of nitrogens with two attached hydrogens (primary N) is 1. The van der Waals surface area contributed by atoms with E-state index in [-0.39, 0.29) is 0 Å². The number of nitrogens with one attached hydrogen (secondary N) is 1. The van der Waals surface area contributed by atoms with Crippen LogP contribution in [0.5, 0.6) is 0 Å². The highest BCUT2D eigenvalue weighted by molar-refractivity contribution is 7.80. The van der Waals surface area contributed by atoms with Gasteiger partial charge in [0.25, 0.3) is 0 Å². The molecule has 1 aromatic carbocycles. The van der Waals surface area contributed by atoms with Crippen molar-refractivity contribution >= 4 is 34.5 Å². The van der Waals surface area contributed by atoms with E-state index >= 15 is 0 Å². The number of halogens is 1. The topological polar surface area (TPSA) is 38.0 Å². The van der Waals surface area contributed by atoms with E-state index < -0.39 is 0 Å². The summed E-state index contributed by atoms with van der Waals surface area (Å²) in [6.07, 6.45) is 5.15. The third-order valence-corrected chi connectivity index (χ3v) is 4.17. The van der Waals surface area contributed by atoms with Crippen LogP contribution in [-0.4, -0.2) is 11.5 Å². The summed E-state index contributed by atoms with van der Waals surface area (Å²) in [7, 11) is 0. The van der Waals surface area contributed by atoms with Crippen LogP contribution in [0.1, 0.15) is 38.2 Å². The van der Waals surface area contributed by atoms with Gasteiger partial charge < -0.3 is 11.1 Å². The van der Waals surface area contributed by atoms with Crippen molar-refractivity contribution < 1.29 is 0 Å². The molecule has 2 rings (SSSR count). The van der Waals surface area contributed by atoms with E-state index in [0.717, 1.165) is 17.8 Å². The molecule has 0 atom stereocenters. The lowest BCUT2D eigenvalue weighted by Crippen LogP contribution is -2.19. The largest absolute Gasteiger partial charge is 0.389 e. The highest BCUT2D eigenvalue weighted by Crippen LogP contribution is 2.49. The van der Waals surface area contributed by atoms with Crippen LogP contribution in [-0.2, 0) is 0 Å². The minimum Gasteiger partial charge on any atom is -0.389 e. The lowest BCUT2D eigenvalue weighted by molar-refractivity contribution is 0.485. The molecule has 1 aliphatic rings. The van der Waals surface area contributed by atoms with Crippen molar-refractivity contribution in [3.63, 3.8) is 0 Å². The average Bonchev–Trinajstić information content (AvgIpc) is 3.07. The zero-order chi connectivity index (χ0) is 13.2. The summed E-state index contributed by atoms with van der Waals surface area (Å²) in [5, 5.41) is 4.09. The molecule has 1 aliphatic carbocycles. The predicted octanol–water partition coefficient (Wildman–Crippen LogP) is 3.97. The van der Waals surface area contributed by atoms with E-state index in [4.69, 9.17) is 29.6 Å². The van der Waals surface area contributed by atoms with Crippen molar-refractivity contribution in [3.8, 4) is 0 Å². The Bertz CT molecular complexity index is 455. The molecule has 0 aliphatic heterocycles. The van der Waals surface area contributed by atoms with Gasteiger partial charge in [0, 0.05) is 12.2 Å². The van der Waals surface area contributed by atoms with Crippen molar-refractivity contribution in [2.75, 3.05) is 11.9 Å². The summed E-state index contributed by atoms with van der Waals surface area (Å²) in [6, 6.07) is 5.73. The fourth-order valence-corrected chi connectivity index (χ4v) is 2.98. The molecular formula is C14H19ClN2S. The van der Waals surface area contributed by atoms with Crippen LogP contribution in [0.15, 0.2) is 18.2 Å². The zero-order valence-corrected chi connectivity index (χ0v) is 12.2. The first-order valence-corrected chi connectivity index (χ1v) is 7.19. The van der Waals surface area contributed by atoms with Gasteiger partial charge in [-0.2, -0.15) is 0 Å². The number of anilines is 1. The normalized spacial score (nSPS) is 16.3. The third kappa shape index (κ3) is 2.96. The van der Waals surface area contributed by atoms with E-state index in [1.165, 1.54) is 25.7 Å². The lowest BCUT2D eigenvalue weighted by Gasteiger charge is -2.18. The Kier molecular flexibility index (Phi) is 4.13. The maximum absolute atomic E-state index is 6.14. The highest BCUT2D eigenvalue weighted by Gasteiger charge is 2.41. The maximum atomic E-state index is 6.14. The highest BCUT2D eigenvalue weighted by atomic mass is 35.5. The van der Waals surface area contributed by atoms with Crippen molar-refractivity contribution in [2.24, 2.45) is 11.1 Å². The molecule has 0 heterocycles. The van der Waals surface area contributed by atoms with E-state index in [1.807, 2.05) is 18.2 Å². The summed E-state index contributed by atoms with van der Waals surface area (Å²) in [6.45, 7) is 3.22. The molecule has 1 fully saturated rings. The van der Waals surface area contributed by atoms with Crippen LogP contribution in [0.4, 0.5) is 5.69 Å². The maximum Gasteiger partial charge on any atom is 0.107 e. The monoisotopic (exact) mass is 282 g/mol. The quantitative estimate of drug-likeness (QED) is 0.776. The van der Waals surface area contributed by atoms with Gasteiger partial charge in [-0.1, -0.05) is 43.2 Å². The first-order chi connectivity index (χ1) is 8.58. The Balaban J connectivity index is 2.10. The molecule has 2 nitrogen and oxygen atoms in total. The molecule has 0 bridgehead atoms. The molecule has 0 amide bonds. The molecule has 4 heteroatoms. The van der Waals surface area contributed by atoms with Crippen molar-refractivity contribution in [1.29, 1.82) is 0 Å². The van der Waals surface area contributed by atoms with Crippen molar-refractivity contribution in [3.05, 3.63) is 28.8 Å². The van der Waals surface area contributed by atoms with E-state index in [2.05, 4.69) is 12.2 Å². The van der Waals surface area contributed by atoms with Gasteiger partial charge >= 0.3 is 0 Å². The van der Waals surface area contributed by atoms with Gasteiger partial charge in [-0.3, -0.25) is 0 Å². The Labute approximate surface area is 119 Å². The first-order valence-electron chi connectivity index (χ1n) is 6.40. The number of thiocarbonyl (C=S) groups is 1. The Morgan fingerprint density at radius 2 is 2.22 bits per heavy atom. The van der Waals surface area contributed by atoms with E-state index in [9.17, 15) is 0 Å². The molecule has 1 saturated carbocycles. The lowest BCUT2D eigenvalue weighted by atomic mass is 10.0. The second kappa shape index (κ2) is 5.45. The number of hydrogen-bond donors (Lipinski definition) is 2. The summed E-state index contributed by atoms with van der Waals surface area (Å²) >= 11 is 11.2. The van der Waals surface area contributed by atoms with Crippen LogP contribution in [0.2, 0.25) is 5.02 Å². The predicted molar refractivity (Wildman–Crippen MR) is 82.4 cm³/mol. The van der Waals surface area contributed by atoms with Gasteiger partial charge in [-0.05, 0) is 36.8 Å². The molecule has 0 spiro atoms. The second-order valence-electron chi connectivity index (χ2n) is 5.13. The smallest absolute Gasteiger partial charge is 0.107 e. The van der Waals surface area contributed by atoms with Crippen molar-refractivity contribution in [1.82, 2.24) is 0 Å². The molecule has 0 saturated heterocycles. The van der Waals surface area contributed by atoms with Gasteiger partial charge in [0.2, 0.25) is 0 Å². The van der Waals surface area contributed by atoms with Gasteiger partial charge in [0.05, 0.1) is 10.6 Å². The Hall–Kier alpha value is -0.800. The van der Waals surface area contributed by atoms with Gasteiger partial charge in [-0.25, -0.2) is 0 Å². The van der Waals surface area contributed by atoms with Gasteiger partial charge in [-0.15, -0.1) is 0 Å². The second-order valence-corrected chi connectivity index (χ2v) is 5.98. The molecule has 1 aromatic rings. The molecule has 3 N–H and O–H groups in total.